The monoisotopic (exact) mass is 451 g/mol. The van der Waals surface area contributed by atoms with Crippen LogP contribution in [0.2, 0.25) is 0 Å². The van der Waals surface area contributed by atoms with Crippen molar-refractivity contribution in [3.8, 4) is 11.3 Å². The zero-order chi connectivity index (χ0) is 22.6. The third-order valence-corrected chi connectivity index (χ3v) is 7.42. The minimum absolute atomic E-state index is 0.229. The van der Waals surface area contributed by atoms with E-state index in [1.54, 1.807) is 6.33 Å². The maximum atomic E-state index is 11.4. The van der Waals surface area contributed by atoms with Crippen molar-refractivity contribution >= 4 is 26.4 Å². The number of nitrogens with zero attached hydrogens (tertiary/aromatic N) is 4. The van der Waals surface area contributed by atoms with Gasteiger partial charge >= 0.3 is 0 Å². The van der Waals surface area contributed by atoms with Crippen LogP contribution in [0, 0.1) is 6.92 Å². The third-order valence-electron chi connectivity index (χ3n) is 6.49. The predicted molar refractivity (Wildman–Crippen MR) is 128 cm³/mol. The minimum Gasteiger partial charge on any atom is -0.354 e. The number of sulfone groups is 1. The molecule has 0 saturated carbocycles. The quantitative estimate of drug-likeness (QED) is 0.483. The van der Waals surface area contributed by atoms with Gasteiger partial charge in [0.2, 0.25) is 0 Å². The summed E-state index contributed by atoms with van der Waals surface area (Å²) in [5.74, 6) is 1.03. The molecule has 0 radical (unpaired) electrons. The van der Waals surface area contributed by atoms with E-state index in [0.29, 0.717) is 18.4 Å². The van der Waals surface area contributed by atoms with E-state index in [-0.39, 0.29) is 5.75 Å². The molecular weight excluding hydrogens is 422 g/mol. The van der Waals surface area contributed by atoms with E-state index in [9.17, 15) is 8.42 Å². The van der Waals surface area contributed by atoms with Crippen LogP contribution in [0.4, 0.5) is 0 Å². The van der Waals surface area contributed by atoms with E-state index in [4.69, 9.17) is 0 Å². The van der Waals surface area contributed by atoms with Gasteiger partial charge in [0.05, 0.1) is 11.4 Å². The maximum absolute atomic E-state index is 11.4. The highest BCUT2D eigenvalue weighted by molar-refractivity contribution is 7.90. The van der Waals surface area contributed by atoms with Crippen LogP contribution in [-0.2, 0) is 9.84 Å². The summed E-state index contributed by atoms with van der Waals surface area (Å²) >= 11 is 0. The van der Waals surface area contributed by atoms with Crippen molar-refractivity contribution in [1.82, 2.24) is 24.5 Å². The van der Waals surface area contributed by atoms with Crippen molar-refractivity contribution in [3.05, 3.63) is 53.5 Å². The standard InChI is InChI=1S/C24H29N5O2S/c1-15(2)22-20-10-17(19-11-28(12-19)7-8-32(4,30)31)5-6-21(20)27-23(22)18-9-16(3)24-25-14-26-29(24)13-18/h5-6,9-10,13-15,19,27H,7-8,11-12H2,1-4H3. The first kappa shape index (κ1) is 21.2. The lowest BCUT2D eigenvalue weighted by Gasteiger charge is -2.39. The third kappa shape index (κ3) is 3.82. The Morgan fingerprint density at radius 2 is 2.00 bits per heavy atom. The second-order valence-electron chi connectivity index (χ2n) is 9.40. The van der Waals surface area contributed by atoms with Crippen molar-refractivity contribution in [2.45, 2.75) is 32.6 Å². The first-order chi connectivity index (χ1) is 15.2. The Morgan fingerprint density at radius 1 is 1.22 bits per heavy atom. The summed E-state index contributed by atoms with van der Waals surface area (Å²) in [6.45, 7) is 8.98. The van der Waals surface area contributed by atoms with E-state index in [2.05, 4.69) is 65.0 Å². The molecule has 0 amide bonds. The van der Waals surface area contributed by atoms with Crippen LogP contribution in [0.15, 0.2) is 36.8 Å². The van der Waals surface area contributed by atoms with Crippen LogP contribution in [0.5, 0.6) is 0 Å². The van der Waals surface area contributed by atoms with Gasteiger partial charge in [-0.2, -0.15) is 5.10 Å². The molecular formula is C24H29N5O2S. The van der Waals surface area contributed by atoms with Crippen molar-refractivity contribution in [3.63, 3.8) is 0 Å². The molecule has 1 fully saturated rings. The summed E-state index contributed by atoms with van der Waals surface area (Å²) in [5, 5.41) is 5.60. The molecule has 1 aliphatic heterocycles. The number of benzene rings is 1. The lowest BCUT2D eigenvalue weighted by Crippen LogP contribution is -2.46. The van der Waals surface area contributed by atoms with Gasteiger partial charge in [-0.1, -0.05) is 19.9 Å². The molecule has 32 heavy (non-hydrogen) atoms. The van der Waals surface area contributed by atoms with Gasteiger partial charge in [-0.25, -0.2) is 17.9 Å². The zero-order valence-corrected chi connectivity index (χ0v) is 19.8. The molecule has 4 heterocycles. The first-order valence-corrected chi connectivity index (χ1v) is 13.1. The Bertz CT molecular complexity index is 1410. The van der Waals surface area contributed by atoms with E-state index in [1.807, 2.05) is 10.7 Å². The Morgan fingerprint density at radius 3 is 2.72 bits per heavy atom. The fourth-order valence-corrected chi connectivity index (χ4v) is 5.39. The summed E-state index contributed by atoms with van der Waals surface area (Å²) in [5.41, 5.74) is 7.99. The van der Waals surface area contributed by atoms with E-state index in [1.165, 1.54) is 22.8 Å². The molecule has 0 aliphatic carbocycles. The SMILES string of the molecule is Cc1cc(-c2[nH]c3ccc(C4CN(CCS(C)(=O)=O)C4)cc3c2C(C)C)cn2ncnc12. The summed E-state index contributed by atoms with van der Waals surface area (Å²) in [6.07, 6.45) is 4.93. The zero-order valence-electron chi connectivity index (χ0n) is 19.0. The molecule has 1 N–H and O–H groups in total. The van der Waals surface area contributed by atoms with Gasteiger partial charge in [0, 0.05) is 54.5 Å². The van der Waals surface area contributed by atoms with Gasteiger partial charge in [-0.3, -0.25) is 0 Å². The van der Waals surface area contributed by atoms with Crippen LogP contribution in [0.1, 0.15) is 42.4 Å². The van der Waals surface area contributed by atoms with Crippen molar-refractivity contribution in [2.75, 3.05) is 31.6 Å². The highest BCUT2D eigenvalue weighted by Crippen LogP contribution is 2.38. The number of hydrogen-bond donors (Lipinski definition) is 1. The van der Waals surface area contributed by atoms with Crippen LogP contribution in [0.3, 0.4) is 0 Å². The van der Waals surface area contributed by atoms with Gasteiger partial charge < -0.3 is 9.88 Å². The van der Waals surface area contributed by atoms with Crippen molar-refractivity contribution in [1.29, 1.82) is 0 Å². The number of aryl methyl sites for hydroxylation is 1. The molecule has 1 saturated heterocycles. The Balaban J connectivity index is 1.48. The van der Waals surface area contributed by atoms with Crippen molar-refractivity contribution in [2.24, 2.45) is 0 Å². The average Bonchev–Trinajstić information content (AvgIpc) is 3.30. The highest BCUT2D eigenvalue weighted by Gasteiger charge is 2.29. The molecule has 0 bridgehead atoms. The Kier molecular flexibility index (Phi) is 5.09. The van der Waals surface area contributed by atoms with E-state index >= 15 is 0 Å². The summed E-state index contributed by atoms with van der Waals surface area (Å²) in [6, 6.07) is 8.88. The Labute approximate surface area is 188 Å². The molecule has 3 aromatic heterocycles. The molecule has 168 valence electrons. The van der Waals surface area contributed by atoms with Crippen LogP contribution in [0.25, 0.3) is 27.8 Å². The summed E-state index contributed by atoms with van der Waals surface area (Å²) in [7, 11) is -2.91. The molecule has 1 aliphatic rings. The molecule has 4 aromatic rings. The minimum atomic E-state index is -2.91. The van der Waals surface area contributed by atoms with Gasteiger partial charge in [0.1, 0.15) is 16.2 Å². The number of aromatic amines is 1. The second-order valence-corrected chi connectivity index (χ2v) is 11.7. The fourth-order valence-electron chi connectivity index (χ4n) is 4.80. The number of likely N-dealkylation sites (tertiary alicyclic amines) is 1. The molecule has 0 unspecified atom stereocenters. The van der Waals surface area contributed by atoms with Gasteiger partial charge in [0.25, 0.3) is 0 Å². The van der Waals surface area contributed by atoms with Crippen LogP contribution >= 0.6 is 0 Å². The molecule has 5 rings (SSSR count). The predicted octanol–water partition coefficient (Wildman–Crippen LogP) is 3.75. The number of rotatable bonds is 6. The number of aromatic nitrogens is 4. The van der Waals surface area contributed by atoms with Gasteiger partial charge in [0.15, 0.2) is 5.65 Å². The molecule has 0 spiro atoms. The van der Waals surface area contributed by atoms with Gasteiger partial charge in [-0.15, -0.1) is 0 Å². The van der Waals surface area contributed by atoms with Crippen LogP contribution in [-0.4, -0.2) is 64.5 Å². The van der Waals surface area contributed by atoms with E-state index < -0.39 is 9.84 Å². The normalized spacial score (nSPS) is 15.8. The van der Waals surface area contributed by atoms with Gasteiger partial charge in [-0.05, 0) is 47.7 Å². The molecule has 7 nitrogen and oxygen atoms in total. The van der Waals surface area contributed by atoms with Crippen molar-refractivity contribution < 1.29 is 8.42 Å². The topological polar surface area (TPSA) is 83.4 Å². The lowest BCUT2D eigenvalue weighted by atomic mass is 9.89. The largest absolute Gasteiger partial charge is 0.354 e. The lowest BCUT2D eigenvalue weighted by molar-refractivity contribution is 0.158. The fraction of sp³-hybridized carbons (Fsp3) is 0.417. The highest BCUT2D eigenvalue weighted by atomic mass is 32.2. The number of H-pyrrole nitrogens is 1. The first-order valence-electron chi connectivity index (χ1n) is 11.1. The number of fused-ring (bicyclic) bond motifs is 2. The molecule has 8 heteroatoms. The second kappa shape index (κ2) is 7.71. The number of nitrogens with one attached hydrogen (secondary N) is 1. The number of hydrogen-bond acceptors (Lipinski definition) is 5. The Hall–Kier alpha value is -2.71. The maximum Gasteiger partial charge on any atom is 0.158 e. The van der Waals surface area contributed by atoms with Crippen LogP contribution < -0.4 is 0 Å². The van der Waals surface area contributed by atoms with E-state index in [0.717, 1.165) is 41.1 Å². The summed E-state index contributed by atoms with van der Waals surface area (Å²) < 4.78 is 24.7. The number of pyridine rings is 1. The average molecular weight is 452 g/mol. The molecule has 0 atom stereocenters. The molecule has 1 aromatic carbocycles. The summed E-state index contributed by atoms with van der Waals surface area (Å²) in [4.78, 5) is 10.2. The smallest absolute Gasteiger partial charge is 0.158 e.